The fraction of sp³-hybridized carbons (Fsp3) is 0.243. The van der Waals surface area contributed by atoms with Gasteiger partial charge in [-0.1, -0.05) is 72.8 Å². The Morgan fingerprint density at radius 3 is 0.602 bits per heavy atom. The molecule has 8 amide bonds. The van der Waals surface area contributed by atoms with Crippen molar-refractivity contribution >= 4 is 92.7 Å². The van der Waals surface area contributed by atoms with Gasteiger partial charge in [-0.25, -0.2) is 0 Å². The van der Waals surface area contributed by atoms with E-state index in [1.165, 1.54) is 48.5 Å². The van der Waals surface area contributed by atoms with E-state index in [9.17, 15) is 57.5 Å². The molecular formula is C74H60N4O20. The molecule has 0 spiro atoms. The van der Waals surface area contributed by atoms with E-state index in [1.54, 1.807) is 121 Å². The number of rotatable bonds is 12. The number of amides is 8. The Labute approximate surface area is 558 Å². The third-order valence-electron chi connectivity index (χ3n) is 17.4. The van der Waals surface area contributed by atoms with Crippen molar-refractivity contribution in [2.24, 2.45) is 0 Å². The van der Waals surface area contributed by atoms with Crippen molar-refractivity contribution in [1.82, 2.24) is 19.6 Å². The van der Waals surface area contributed by atoms with Gasteiger partial charge in [0.05, 0.1) is 0 Å². The molecule has 15 heterocycles. The van der Waals surface area contributed by atoms with E-state index in [1.807, 2.05) is 0 Å². The van der Waals surface area contributed by atoms with Crippen molar-refractivity contribution in [3.8, 4) is 23.0 Å². The van der Waals surface area contributed by atoms with E-state index in [0.29, 0.717) is 23.0 Å². The zero-order valence-electron chi connectivity index (χ0n) is 52.3. The lowest BCUT2D eigenvalue weighted by Crippen LogP contribution is -2.53. The van der Waals surface area contributed by atoms with Gasteiger partial charge in [0, 0.05) is 91.7 Å². The summed E-state index contributed by atoms with van der Waals surface area (Å²) in [6.07, 6.45) is -1.68. The van der Waals surface area contributed by atoms with E-state index < -0.39 is 122 Å². The summed E-state index contributed by atoms with van der Waals surface area (Å²) in [6.45, 7) is -3.76. The van der Waals surface area contributed by atoms with Crippen LogP contribution in [0.15, 0.2) is 170 Å². The molecule has 496 valence electrons. The van der Waals surface area contributed by atoms with Gasteiger partial charge in [0.2, 0.25) is 0 Å². The molecule has 8 aromatic carbocycles. The molecule has 98 heavy (non-hydrogen) atoms. The molecule has 15 aliphatic heterocycles. The molecule has 8 aromatic rings. The molecule has 4 atom stereocenters. The average molecular weight is 1330 g/mol. The summed E-state index contributed by atoms with van der Waals surface area (Å²) in [4.78, 5) is 177. The highest BCUT2D eigenvalue weighted by molar-refractivity contribution is 6.35. The first-order chi connectivity index (χ1) is 47.6. The van der Waals surface area contributed by atoms with Crippen LogP contribution in [0.5, 0.6) is 23.0 Å². The molecule has 0 saturated carbocycles. The lowest BCUT2D eigenvalue weighted by Gasteiger charge is -2.36. The monoisotopic (exact) mass is 1320 g/mol. The predicted molar refractivity (Wildman–Crippen MR) is 344 cm³/mol. The molecule has 0 N–H and O–H groups in total. The minimum absolute atomic E-state index is 0.0260. The van der Waals surface area contributed by atoms with Gasteiger partial charge in [-0.2, -0.15) is 0 Å². The zero-order valence-corrected chi connectivity index (χ0v) is 52.3. The van der Waals surface area contributed by atoms with Crippen LogP contribution in [0, 0.1) is 0 Å². The summed E-state index contributed by atoms with van der Waals surface area (Å²) in [7, 11) is 0. The lowest BCUT2D eigenvalue weighted by molar-refractivity contribution is -0.149. The predicted octanol–water partition coefficient (Wildman–Crippen LogP) is 8.39. The molecule has 23 rings (SSSR count). The standard InChI is InChI=1S/C74H60N4O20/c79-59-23-13-24-60(80)96-40-45(37-93-49-19-9-3-10-20-49)77-71(87)55-31-33-57-66-58(34-32-56(65(55)66)72(77)88)74(90)78(73(57)89)46(38-94-50-21-11-4-12-22-50)42-98-62(82)26-14-25-61(81)97-41-44(36-92-48-17-7-2-8-18-48)76-69(85)53-29-27-51-63-52(28-30-54(64(53)63)70(76)86)68(84)75(67(51)83)43(39-95-59)35-91-47-15-5-1-6-16-47/h1-12,15-22,27-34,43-46H,13-14,23-26,35-42H2/t43-,44-,45-,46-/m0/s1. The Bertz CT molecular complexity index is 3850. The maximum absolute atomic E-state index is 14.8. The highest BCUT2D eigenvalue weighted by Crippen LogP contribution is 2.42. The van der Waals surface area contributed by atoms with Gasteiger partial charge in [0.1, 0.15) is 100 Å². The number of esters is 4. The molecule has 24 heteroatoms. The first kappa shape index (κ1) is 64.6. The summed E-state index contributed by atoms with van der Waals surface area (Å²) in [6, 6.07) is 39.6. The topological polar surface area (TPSA) is 292 Å². The van der Waals surface area contributed by atoms with Gasteiger partial charge in [-0.15, -0.1) is 0 Å². The van der Waals surface area contributed by atoms with Crippen LogP contribution >= 0.6 is 0 Å². The van der Waals surface area contributed by atoms with Gasteiger partial charge >= 0.3 is 23.9 Å². The van der Waals surface area contributed by atoms with Crippen LogP contribution in [0.1, 0.15) is 121 Å². The highest BCUT2D eigenvalue weighted by atomic mass is 16.6. The van der Waals surface area contributed by atoms with Crippen LogP contribution in [0.3, 0.4) is 0 Å². The Morgan fingerprint density at radius 1 is 0.255 bits per heavy atom. The number of imide groups is 4. The Morgan fingerprint density at radius 2 is 0.429 bits per heavy atom. The van der Waals surface area contributed by atoms with E-state index in [-0.39, 0.29) is 131 Å². The number of hydrogen-bond donors (Lipinski definition) is 0. The largest absolute Gasteiger partial charge is 0.491 e. The Hall–Kier alpha value is -12.1. The van der Waals surface area contributed by atoms with Crippen molar-refractivity contribution in [2.75, 3.05) is 52.9 Å². The van der Waals surface area contributed by atoms with Crippen LogP contribution in [0.2, 0.25) is 0 Å². The van der Waals surface area contributed by atoms with Crippen LogP contribution in [0.25, 0.3) is 21.5 Å². The Kier molecular flexibility index (Phi) is 18.5. The zero-order chi connectivity index (χ0) is 68.1. The lowest BCUT2D eigenvalue weighted by atomic mass is 9.85. The molecule has 0 unspecified atom stereocenters. The molecule has 0 fully saturated rings. The smallest absolute Gasteiger partial charge is 0.305 e. The third kappa shape index (κ3) is 12.8. The molecule has 0 radical (unpaired) electrons. The van der Waals surface area contributed by atoms with Gasteiger partial charge < -0.3 is 37.9 Å². The summed E-state index contributed by atoms with van der Waals surface area (Å²) >= 11 is 0. The average Bonchev–Trinajstić information content (AvgIpc) is 0.716. The molecule has 0 aromatic heterocycles. The van der Waals surface area contributed by atoms with Crippen LogP contribution in [0.4, 0.5) is 0 Å². The quantitative estimate of drug-likeness (QED) is 0.0630. The minimum atomic E-state index is -1.27. The summed E-state index contributed by atoms with van der Waals surface area (Å²) < 4.78 is 47.1. The van der Waals surface area contributed by atoms with Crippen molar-refractivity contribution in [3.05, 3.63) is 214 Å². The van der Waals surface area contributed by atoms with Crippen molar-refractivity contribution in [2.45, 2.75) is 62.7 Å². The number of carbonyl (C=O) groups excluding carboxylic acids is 12. The summed E-state index contributed by atoms with van der Waals surface area (Å²) in [5.74, 6) is -8.69. The third-order valence-corrected chi connectivity index (χ3v) is 17.4. The van der Waals surface area contributed by atoms with E-state index in [0.717, 1.165) is 19.6 Å². The maximum atomic E-state index is 14.8. The first-order valence-electron chi connectivity index (χ1n) is 31.7. The van der Waals surface area contributed by atoms with E-state index >= 15 is 0 Å². The second-order valence-electron chi connectivity index (χ2n) is 23.6. The maximum Gasteiger partial charge on any atom is 0.305 e. The second kappa shape index (κ2) is 28.1. The molecule has 0 aliphatic carbocycles. The molecule has 15 aliphatic rings. The number of ether oxygens (including phenoxy) is 8. The van der Waals surface area contributed by atoms with E-state index in [2.05, 4.69) is 0 Å². The van der Waals surface area contributed by atoms with Crippen LogP contribution in [-0.2, 0) is 38.1 Å². The number of hydrogen-bond acceptors (Lipinski definition) is 20. The van der Waals surface area contributed by atoms with Gasteiger partial charge in [-0.3, -0.25) is 77.1 Å². The van der Waals surface area contributed by atoms with Gasteiger partial charge in [-0.05, 0) is 110 Å². The molecule has 16 bridgehead atoms. The number of para-hydroxylation sites is 4. The number of benzene rings is 8. The number of nitrogens with zero attached hydrogens (tertiary/aromatic N) is 4. The van der Waals surface area contributed by atoms with Gasteiger partial charge in [0.25, 0.3) is 47.3 Å². The fourth-order valence-corrected chi connectivity index (χ4v) is 12.6. The van der Waals surface area contributed by atoms with Crippen LogP contribution in [-0.4, -0.2) is 168 Å². The SMILES string of the molecule is O=C1CCCC(=O)OC[C@H](COc2ccccc2)N2C(=O)c3ccc4c5c(ccc(c35)C2=O)C(=O)N(C4=O)[C@@H](COc2ccccc2)COC(=O)CCCC(=O)OC[C@H](COc2ccccc2)N2C(=O)c3ccc4c5c(ccc(c35)C2=O)C(=O)N(C4=O)[C@@H](COc2ccccc2)CO1. The summed E-state index contributed by atoms with van der Waals surface area (Å²) in [5.41, 5.74) is -0.443. The van der Waals surface area contributed by atoms with E-state index in [4.69, 9.17) is 37.9 Å². The van der Waals surface area contributed by atoms with Crippen molar-refractivity contribution in [1.29, 1.82) is 0 Å². The molecular weight excluding hydrogens is 1260 g/mol. The van der Waals surface area contributed by atoms with Crippen molar-refractivity contribution < 1.29 is 95.4 Å². The second-order valence-corrected chi connectivity index (χ2v) is 23.6. The molecule has 24 nitrogen and oxygen atoms in total. The molecule has 0 saturated heterocycles. The van der Waals surface area contributed by atoms with Crippen molar-refractivity contribution in [3.63, 3.8) is 0 Å². The number of carbonyl (C=O) groups is 12. The fourth-order valence-electron chi connectivity index (χ4n) is 12.6. The summed E-state index contributed by atoms with van der Waals surface area (Å²) in [5, 5.41) is 0.104. The Balaban J connectivity index is 0.804. The normalized spacial score (nSPS) is 19.7. The first-order valence-corrected chi connectivity index (χ1v) is 31.7. The van der Waals surface area contributed by atoms with Gasteiger partial charge in [0.15, 0.2) is 0 Å². The minimum Gasteiger partial charge on any atom is -0.491 e. The highest BCUT2D eigenvalue weighted by Gasteiger charge is 2.47. The van der Waals surface area contributed by atoms with Crippen LogP contribution < -0.4 is 18.9 Å².